The second-order valence-corrected chi connectivity index (χ2v) is 6.12. The molecule has 0 aliphatic heterocycles. The van der Waals surface area contributed by atoms with Crippen molar-refractivity contribution < 1.29 is 9.21 Å². The van der Waals surface area contributed by atoms with E-state index in [1.165, 1.54) is 0 Å². The molecule has 1 unspecified atom stereocenters. The number of nitrogens with two attached hydrogens (primary N) is 1. The van der Waals surface area contributed by atoms with Crippen LogP contribution in [0.1, 0.15) is 36.4 Å². The molecule has 0 fully saturated rings. The lowest BCUT2D eigenvalue weighted by Crippen LogP contribution is -2.41. The predicted molar refractivity (Wildman–Crippen MR) is 85.7 cm³/mol. The zero-order valence-corrected chi connectivity index (χ0v) is 13.3. The highest BCUT2D eigenvalue weighted by Crippen LogP contribution is 2.30. The summed E-state index contributed by atoms with van der Waals surface area (Å²) >= 11 is 6.10. The SMILES string of the molecule is Cc1c(C(=O)NC(CN)CC(C)C)oc2c(Cl)cccc12. The van der Waals surface area contributed by atoms with Gasteiger partial charge in [0.15, 0.2) is 11.3 Å². The first-order chi connectivity index (χ1) is 9.93. The first-order valence-corrected chi connectivity index (χ1v) is 7.50. The van der Waals surface area contributed by atoms with E-state index in [9.17, 15) is 4.79 Å². The van der Waals surface area contributed by atoms with E-state index in [1.54, 1.807) is 6.07 Å². The van der Waals surface area contributed by atoms with E-state index in [4.69, 9.17) is 21.8 Å². The summed E-state index contributed by atoms with van der Waals surface area (Å²) in [5.74, 6) is 0.529. The maximum absolute atomic E-state index is 12.4. The van der Waals surface area contributed by atoms with Crippen LogP contribution in [0.25, 0.3) is 11.0 Å². The lowest BCUT2D eigenvalue weighted by atomic mass is 10.0. The van der Waals surface area contributed by atoms with Gasteiger partial charge in [-0.3, -0.25) is 4.79 Å². The van der Waals surface area contributed by atoms with E-state index < -0.39 is 0 Å². The number of para-hydroxylation sites is 1. The first kappa shape index (κ1) is 15.9. The van der Waals surface area contributed by atoms with Gasteiger partial charge in [0, 0.05) is 23.5 Å². The number of fused-ring (bicyclic) bond motifs is 1. The van der Waals surface area contributed by atoms with Gasteiger partial charge >= 0.3 is 0 Å². The minimum atomic E-state index is -0.240. The Labute approximate surface area is 129 Å². The molecule has 0 radical (unpaired) electrons. The van der Waals surface area contributed by atoms with Gasteiger partial charge in [-0.1, -0.05) is 37.6 Å². The van der Waals surface area contributed by atoms with E-state index in [0.717, 1.165) is 17.4 Å². The van der Waals surface area contributed by atoms with Gasteiger partial charge in [-0.2, -0.15) is 0 Å². The average Bonchev–Trinajstić information content (AvgIpc) is 2.77. The Kier molecular flexibility index (Phi) is 4.91. The third-order valence-electron chi connectivity index (χ3n) is 3.50. The van der Waals surface area contributed by atoms with Crippen LogP contribution in [-0.2, 0) is 0 Å². The zero-order valence-electron chi connectivity index (χ0n) is 12.6. The van der Waals surface area contributed by atoms with Crippen LogP contribution in [0.5, 0.6) is 0 Å². The second-order valence-electron chi connectivity index (χ2n) is 5.71. The molecule has 1 aromatic carbocycles. The van der Waals surface area contributed by atoms with Crippen molar-refractivity contribution in [2.24, 2.45) is 11.7 Å². The molecule has 2 rings (SSSR count). The monoisotopic (exact) mass is 308 g/mol. The van der Waals surface area contributed by atoms with Gasteiger partial charge in [0.25, 0.3) is 5.91 Å². The number of rotatable bonds is 5. The normalized spacial score (nSPS) is 12.9. The minimum Gasteiger partial charge on any atom is -0.449 e. The maximum Gasteiger partial charge on any atom is 0.287 e. The lowest BCUT2D eigenvalue weighted by molar-refractivity contribution is 0.0907. The van der Waals surface area contributed by atoms with Crippen molar-refractivity contribution >= 4 is 28.5 Å². The minimum absolute atomic E-state index is 0.0550. The molecular weight excluding hydrogens is 288 g/mol. The zero-order chi connectivity index (χ0) is 15.6. The fourth-order valence-corrected chi connectivity index (χ4v) is 2.67. The molecule has 114 valence electrons. The van der Waals surface area contributed by atoms with Gasteiger partial charge in [0.1, 0.15) is 0 Å². The molecule has 1 aromatic heterocycles. The predicted octanol–water partition coefficient (Wildman–Crippen LogP) is 3.50. The maximum atomic E-state index is 12.4. The van der Waals surface area contributed by atoms with Crippen LogP contribution in [0.4, 0.5) is 0 Å². The van der Waals surface area contributed by atoms with Crippen molar-refractivity contribution in [1.82, 2.24) is 5.32 Å². The van der Waals surface area contributed by atoms with Crippen molar-refractivity contribution in [3.63, 3.8) is 0 Å². The van der Waals surface area contributed by atoms with E-state index in [2.05, 4.69) is 19.2 Å². The molecule has 0 saturated heterocycles. The van der Waals surface area contributed by atoms with Gasteiger partial charge in [-0.05, 0) is 25.3 Å². The highest BCUT2D eigenvalue weighted by atomic mass is 35.5. The summed E-state index contributed by atoms with van der Waals surface area (Å²) in [7, 11) is 0. The van der Waals surface area contributed by atoms with Crippen LogP contribution >= 0.6 is 11.6 Å². The third kappa shape index (κ3) is 3.39. The Balaban J connectivity index is 2.27. The highest BCUT2D eigenvalue weighted by molar-refractivity contribution is 6.35. The second kappa shape index (κ2) is 6.50. The summed E-state index contributed by atoms with van der Waals surface area (Å²) in [6.45, 7) is 6.46. The number of benzene rings is 1. The smallest absolute Gasteiger partial charge is 0.287 e. The molecular formula is C16H21ClN2O2. The summed E-state index contributed by atoms with van der Waals surface area (Å²) in [5, 5.41) is 4.30. The fourth-order valence-electron chi connectivity index (χ4n) is 2.46. The first-order valence-electron chi connectivity index (χ1n) is 7.12. The number of hydrogen-bond donors (Lipinski definition) is 2. The number of amides is 1. The Bertz CT molecular complexity index is 649. The van der Waals surface area contributed by atoms with Gasteiger partial charge in [0.2, 0.25) is 0 Å². The van der Waals surface area contributed by atoms with Crippen molar-refractivity contribution in [2.45, 2.75) is 33.2 Å². The third-order valence-corrected chi connectivity index (χ3v) is 3.80. The lowest BCUT2D eigenvalue weighted by Gasteiger charge is -2.18. The fraction of sp³-hybridized carbons (Fsp3) is 0.438. The van der Waals surface area contributed by atoms with Crippen molar-refractivity contribution in [3.05, 3.63) is 34.5 Å². The van der Waals surface area contributed by atoms with Crippen molar-refractivity contribution in [2.75, 3.05) is 6.54 Å². The summed E-state index contributed by atoms with van der Waals surface area (Å²) in [6.07, 6.45) is 0.836. The molecule has 2 aromatic rings. The van der Waals surface area contributed by atoms with E-state index in [0.29, 0.717) is 28.8 Å². The number of aryl methyl sites for hydroxylation is 1. The molecule has 5 heteroatoms. The van der Waals surface area contributed by atoms with Crippen LogP contribution in [0.15, 0.2) is 22.6 Å². The van der Waals surface area contributed by atoms with Crippen LogP contribution in [-0.4, -0.2) is 18.5 Å². The average molecular weight is 309 g/mol. The van der Waals surface area contributed by atoms with Crippen LogP contribution in [0.3, 0.4) is 0 Å². The Morgan fingerprint density at radius 2 is 2.14 bits per heavy atom. The van der Waals surface area contributed by atoms with E-state index in [1.807, 2.05) is 19.1 Å². The van der Waals surface area contributed by atoms with Crippen molar-refractivity contribution in [3.8, 4) is 0 Å². The molecule has 0 aliphatic rings. The number of carbonyl (C=O) groups is 1. The number of furan rings is 1. The summed E-state index contributed by atoms with van der Waals surface area (Å²) in [4.78, 5) is 12.4. The van der Waals surface area contributed by atoms with Crippen LogP contribution in [0.2, 0.25) is 5.02 Å². The van der Waals surface area contributed by atoms with E-state index in [-0.39, 0.29) is 11.9 Å². The van der Waals surface area contributed by atoms with E-state index >= 15 is 0 Å². The molecule has 3 N–H and O–H groups in total. The quantitative estimate of drug-likeness (QED) is 0.888. The Morgan fingerprint density at radius 3 is 2.71 bits per heavy atom. The Hall–Kier alpha value is -1.52. The topological polar surface area (TPSA) is 68.3 Å². The summed E-state index contributed by atoms with van der Waals surface area (Å²) in [5.41, 5.74) is 7.07. The Morgan fingerprint density at radius 1 is 1.43 bits per heavy atom. The van der Waals surface area contributed by atoms with Crippen molar-refractivity contribution in [1.29, 1.82) is 0 Å². The number of nitrogens with one attached hydrogen (secondary N) is 1. The van der Waals surface area contributed by atoms with Gasteiger partial charge in [-0.25, -0.2) is 0 Å². The largest absolute Gasteiger partial charge is 0.449 e. The molecule has 0 aliphatic carbocycles. The number of carbonyl (C=O) groups excluding carboxylic acids is 1. The number of hydrogen-bond acceptors (Lipinski definition) is 3. The van der Waals surface area contributed by atoms with Crippen LogP contribution in [0, 0.1) is 12.8 Å². The summed E-state index contributed by atoms with van der Waals surface area (Å²) in [6, 6.07) is 5.43. The molecule has 4 nitrogen and oxygen atoms in total. The number of halogens is 1. The molecule has 1 heterocycles. The van der Waals surface area contributed by atoms with Gasteiger partial charge in [0.05, 0.1) is 5.02 Å². The molecule has 0 spiro atoms. The molecule has 1 amide bonds. The van der Waals surface area contributed by atoms with Gasteiger partial charge in [-0.15, -0.1) is 0 Å². The summed E-state index contributed by atoms with van der Waals surface area (Å²) < 4.78 is 5.66. The molecule has 21 heavy (non-hydrogen) atoms. The molecule has 1 atom stereocenters. The van der Waals surface area contributed by atoms with Gasteiger partial charge < -0.3 is 15.5 Å². The molecule has 0 saturated carbocycles. The molecule has 0 bridgehead atoms. The highest BCUT2D eigenvalue weighted by Gasteiger charge is 2.21. The van der Waals surface area contributed by atoms with Crippen LogP contribution < -0.4 is 11.1 Å². The standard InChI is InChI=1S/C16H21ClN2O2/c1-9(2)7-11(8-18)19-16(20)14-10(3)12-5-4-6-13(17)15(12)21-14/h4-6,9,11H,7-8,18H2,1-3H3,(H,19,20).